The highest BCUT2D eigenvalue weighted by atomic mass is 16.2. The van der Waals surface area contributed by atoms with Gasteiger partial charge in [-0.25, -0.2) is 4.98 Å². The van der Waals surface area contributed by atoms with Gasteiger partial charge in [0.05, 0.1) is 0 Å². The highest BCUT2D eigenvalue weighted by Crippen LogP contribution is 2.28. The van der Waals surface area contributed by atoms with Crippen molar-refractivity contribution < 1.29 is 9.59 Å². The zero-order valence-corrected chi connectivity index (χ0v) is 15.5. The molecule has 0 saturated carbocycles. The summed E-state index contributed by atoms with van der Waals surface area (Å²) in [4.78, 5) is 33.8. The van der Waals surface area contributed by atoms with Crippen LogP contribution in [0.3, 0.4) is 0 Å². The van der Waals surface area contributed by atoms with Crippen LogP contribution in [0.15, 0.2) is 60.9 Å². The Bertz CT molecular complexity index is 1020. The number of nitrogens with zero attached hydrogens (tertiary/aromatic N) is 2. The molecule has 0 fully saturated rings. The molecule has 1 aliphatic rings. The number of hydrogen-bond donors (Lipinski definition) is 2. The molecule has 6 nitrogen and oxygen atoms in total. The van der Waals surface area contributed by atoms with Gasteiger partial charge < -0.3 is 15.2 Å². The maximum atomic E-state index is 12.5. The van der Waals surface area contributed by atoms with E-state index in [-0.39, 0.29) is 11.8 Å². The van der Waals surface area contributed by atoms with Crippen LogP contribution in [0.2, 0.25) is 0 Å². The van der Waals surface area contributed by atoms with Gasteiger partial charge in [-0.2, -0.15) is 0 Å². The maximum Gasteiger partial charge on any atom is 0.251 e. The Morgan fingerprint density at radius 1 is 1.14 bits per heavy atom. The molecule has 142 valence electrons. The summed E-state index contributed by atoms with van der Waals surface area (Å²) < 4.78 is 0. The number of H-pyrrole nitrogens is 1. The average molecular weight is 374 g/mol. The van der Waals surface area contributed by atoms with Gasteiger partial charge in [-0.1, -0.05) is 24.3 Å². The lowest BCUT2D eigenvalue weighted by Crippen LogP contribution is -2.37. The summed E-state index contributed by atoms with van der Waals surface area (Å²) in [5, 5.41) is 3.92. The fraction of sp³-hybridized carbons (Fsp3) is 0.227. The third-order valence-corrected chi connectivity index (χ3v) is 5.02. The first kappa shape index (κ1) is 18.0. The normalized spacial score (nSPS) is 14.0. The summed E-state index contributed by atoms with van der Waals surface area (Å²) in [6, 6.07) is 13.0. The molecule has 1 aliphatic heterocycles. The number of amides is 2. The molecule has 2 amide bonds. The first-order valence-electron chi connectivity index (χ1n) is 9.45. The Kier molecular flexibility index (Phi) is 5.19. The number of hydrogen-bond acceptors (Lipinski definition) is 3. The van der Waals surface area contributed by atoms with E-state index in [0.717, 1.165) is 23.0 Å². The predicted molar refractivity (Wildman–Crippen MR) is 109 cm³/mol. The minimum absolute atomic E-state index is 0.0595. The van der Waals surface area contributed by atoms with Crippen molar-refractivity contribution >= 4 is 28.4 Å². The van der Waals surface area contributed by atoms with Gasteiger partial charge in [0.25, 0.3) is 5.91 Å². The van der Waals surface area contributed by atoms with E-state index in [1.54, 1.807) is 18.3 Å². The molecule has 0 radical (unpaired) electrons. The lowest BCUT2D eigenvalue weighted by atomic mass is 9.99. The summed E-state index contributed by atoms with van der Waals surface area (Å²) in [6.45, 7) is 1.62. The van der Waals surface area contributed by atoms with Gasteiger partial charge in [-0.15, -0.1) is 0 Å². The van der Waals surface area contributed by atoms with Crippen molar-refractivity contribution in [1.82, 2.24) is 20.2 Å². The van der Waals surface area contributed by atoms with Gasteiger partial charge in [0.15, 0.2) is 0 Å². The number of carbonyl (C=O) groups is 2. The third-order valence-electron chi connectivity index (χ3n) is 5.02. The number of pyridine rings is 1. The second-order valence-electron chi connectivity index (χ2n) is 6.79. The summed E-state index contributed by atoms with van der Waals surface area (Å²) in [7, 11) is 0. The summed E-state index contributed by atoms with van der Waals surface area (Å²) >= 11 is 0. The van der Waals surface area contributed by atoms with Gasteiger partial charge >= 0.3 is 0 Å². The Labute approximate surface area is 163 Å². The van der Waals surface area contributed by atoms with Gasteiger partial charge in [-0.05, 0) is 36.3 Å². The fourth-order valence-electron chi connectivity index (χ4n) is 3.49. The second kappa shape index (κ2) is 8.08. The topological polar surface area (TPSA) is 78.1 Å². The molecular formula is C22H22N4O2. The van der Waals surface area contributed by atoms with Crippen LogP contribution in [0, 0.1) is 0 Å². The highest BCUT2D eigenvalue weighted by Gasteiger charge is 2.19. The van der Waals surface area contributed by atoms with Crippen molar-refractivity contribution in [2.75, 3.05) is 19.6 Å². The van der Waals surface area contributed by atoms with Crippen molar-refractivity contribution in [3.63, 3.8) is 0 Å². The lowest BCUT2D eigenvalue weighted by Gasteiger charge is -2.26. The maximum absolute atomic E-state index is 12.5. The molecule has 2 aromatic heterocycles. The van der Waals surface area contributed by atoms with Gasteiger partial charge in [0.1, 0.15) is 5.65 Å². The summed E-state index contributed by atoms with van der Waals surface area (Å²) in [6.07, 6.45) is 6.98. The number of aromatic nitrogens is 2. The number of fused-ring (bicyclic) bond motifs is 1. The van der Waals surface area contributed by atoms with Crippen LogP contribution in [0.1, 0.15) is 28.8 Å². The van der Waals surface area contributed by atoms with Crippen molar-refractivity contribution in [3.05, 3.63) is 72.1 Å². The number of benzene rings is 1. The smallest absolute Gasteiger partial charge is 0.251 e. The largest absolute Gasteiger partial charge is 0.352 e. The molecule has 0 atom stereocenters. The second-order valence-corrected chi connectivity index (χ2v) is 6.79. The van der Waals surface area contributed by atoms with E-state index in [4.69, 9.17) is 0 Å². The molecule has 0 bridgehead atoms. The molecule has 0 aliphatic carbocycles. The van der Waals surface area contributed by atoms with Crippen LogP contribution in [-0.4, -0.2) is 46.3 Å². The molecule has 6 heteroatoms. The van der Waals surface area contributed by atoms with Crippen LogP contribution in [-0.2, 0) is 4.79 Å². The average Bonchev–Trinajstić information content (AvgIpc) is 3.18. The molecule has 0 saturated heterocycles. The van der Waals surface area contributed by atoms with E-state index in [1.807, 2.05) is 35.4 Å². The van der Waals surface area contributed by atoms with Crippen molar-refractivity contribution in [2.45, 2.75) is 12.8 Å². The van der Waals surface area contributed by atoms with Crippen molar-refractivity contribution in [1.29, 1.82) is 0 Å². The molecule has 28 heavy (non-hydrogen) atoms. The number of nitrogens with one attached hydrogen (secondary N) is 2. The minimum Gasteiger partial charge on any atom is -0.352 e. The molecule has 3 heterocycles. The molecule has 2 N–H and O–H groups in total. The van der Waals surface area contributed by atoms with E-state index < -0.39 is 0 Å². The SMILES string of the molecule is O=C(NCCC(=O)N1CC=C(c2c[nH]c3ncccc23)CC1)c1ccccc1. The van der Waals surface area contributed by atoms with E-state index in [1.165, 1.54) is 5.57 Å². The number of aromatic amines is 1. The summed E-state index contributed by atoms with van der Waals surface area (Å²) in [5.74, 6) is -0.0913. The van der Waals surface area contributed by atoms with E-state index in [2.05, 4.69) is 27.4 Å². The molecule has 1 aromatic carbocycles. The van der Waals surface area contributed by atoms with Crippen LogP contribution in [0.5, 0.6) is 0 Å². The van der Waals surface area contributed by atoms with Crippen molar-refractivity contribution in [2.24, 2.45) is 0 Å². The Balaban J connectivity index is 1.31. The van der Waals surface area contributed by atoms with Gasteiger partial charge in [0, 0.05) is 55.0 Å². The zero-order valence-electron chi connectivity index (χ0n) is 15.5. The zero-order chi connectivity index (χ0) is 19.3. The van der Waals surface area contributed by atoms with E-state index in [0.29, 0.717) is 31.6 Å². The summed E-state index contributed by atoms with van der Waals surface area (Å²) in [5.41, 5.74) is 3.88. The first-order valence-corrected chi connectivity index (χ1v) is 9.45. The van der Waals surface area contributed by atoms with E-state index >= 15 is 0 Å². The standard InChI is InChI=1S/C22H22N4O2/c27-20(8-12-24-22(28)17-5-2-1-3-6-17)26-13-9-16(10-14-26)19-15-25-21-18(19)7-4-11-23-21/h1-7,9,11,15H,8,10,12-14H2,(H,23,25)(H,24,28). The number of rotatable bonds is 5. The fourth-order valence-corrected chi connectivity index (χ4v) is 3.49. The molecular weight excluding hydrogens is 352 g/mol. The molecule has 4 rings (SSSR count). The Morgan fingerprint density at radius 3 is 2.79 bits per heavy atom. The monoisotopic (exact) mass is 374 g/mol. The van der Waals surface area contributed by atoms with Gasteiger partial charge in [0.2, 0.25) is 5.91 Å². The van der Waals surface area contributed by atoms with Crippen LogP contribution in [0.25, 0.3) is 16.6 Å². The Morgan fingerprint density at radius 2 is 2.00 bits per heavy atom. The molecule has 3 aromatic rings. The number of carbonyl (C=O) groups excluding carboxylic acids is 2. The minimum atomic E-state index is -0.151. The van der Waals surface area contributed by atoms with Crippen LogP contribution in [0.4, 0.5) is 0 Å². The predicted octanol–water partition coefficient (Wildman–Crippen LogP) is 3.00. The van der Waals surface area contributed by atoms with E-state index in [9.17, 15) is 9.59 Å². The first-order chi connectivity index (χ1) is 13.7. The Hall–Kier alpha value is -3.41. The van der Waals surface area contributed by atoms with Gasteiger partial charge in [-0.3, -0.25) is 9.59 Å². The van der Waals surface area contributed by atoms with Crippen molar-refractivity contribution in [3.8, 4) is 0 Å². The van der Waals surface area contributed by atoms with Crippen LogP contribution >= 0.6 is 0 Å². The highest BCUT2D eigenvalue weighted by molar-refractivity contribution is 5.94. The third kappa shape index (κ3) is 3.81. The quantitative estimate of drug-likeness (QED) is 0.721. The van der Waals surface area contributed by atoms with Crippen LogP contribution < -0.4 is 5.32 Å². The lowest BCUT2D eigenvalue weighted by molar-refractivity contribution is -0.130. The molecule has 0 unspecified atom stereocenters. The molecule has 0 spiro atoms.